The third kappa shape index (κ3) is 3.82. The summed E-state index contributed by atoms with van der Waals surface area (Å²) in [6.07, 6.45) is 3.97. The van der Waals surface area contributed by atoms with Crippen molar-refractivity contribution in [3.8, 4) is 0 Å². The molecule has 1 aromatic rings. The van der Waals surface area contributed by atoms with Crippen LogP contribution in [0, 0.1) is 6.92 Å². The second kappa shape index (κ2) is 7.48. The van der Waals surface area contributed by atoms with Gasteiger partial charge in [0.15, 0.2) is 19.7 Å². The molecule has 0 unspecified atom stereocenters. The molecule has 0 radical (unpaired) electrons. The van der Waals surface area contributed by atoms with E-state index in [1.54, 1.807) is 19.1 Å². The molecule has 0 aromatic heterocycles. The molecule has 2 aliphatic carbocycles. The maximum atomic E-state index is 13.3. The Bertz CT molecular complexity index is 934. The largest absolute Gasteiger partial charge is 0.267 e. The Morgan fingerprint density at radius 3 is 1.44 bits per heavy atom. The van der Waals surface area contributed by atoms with Crippen LogP contribution in [-0.2, 0) is 29.5 Å². The van der Waals surface area contributed by atoms with Crippen LogP contribution < -0.4 is 0 Å². The van der Waals surface area contributed by atoms with Gasteiger partial charge in [-0.15, -0.1) is 0 Å². The van der Waals surface area contributed by atoms with Crippen molar-refractivity contribution in [3.63, 3.8) is 0 Å². The minimum atomic E-state index is -4.58. The molecule has 6 nitrogen and oxygen atoms in total. The van der Waals surface area contributed by atoms with Gasteiger partial charge in [-0.25, -0.2) is 25.3 Å². The second-order valence-corrected chi connectivity index (χ2v) is 15.2. The third-order valence-corrected chi connectivity index (χ3v) is 15.7. The molecule has 3 rings (SSSR count). The molecule has 0 bridgehead atoms. The molecule has 0 N–H and O–H groups in total. The molecule has 9 heteroatoms. The van der Waals surface area contributed by atoms with Crippen molar-refractivity contribution in [1.29, 1.82) is 0 Å². The molecular formula is C18H26O6S3. The van der Waals surface area contributed by atoms with Gasteiger partial charge in [-0.05, 0) is 44.7 Å². The summed E-state index contributed by atoms with van der Waals surface area (Å²) in [5.74, 6) is 0. The van der Waals surface area contributed by atoms with E-state index >= 15 is 0 Å². The Balaban J connectivity index is 2.16. The van der Waals surface area contributed by atoms with E-state index in [1.807, 2.05) is 0 Å². The highest BCUT2D eigenvalue weighted by atomic mass is 32.3. The molecule has 2 saturated carbocycles. The fraction of sp³-hybridized carbons (Fsp3) is 0.667. The van der Waals surface area contributed by atoms with Gasteiger partial charge in [0, 0.05) is 0 Å². The Hall–Kier alpha value is -0.930. The molecular weight excluding hydrogens is 408 g/mol. The third-order valence-electron chi connectivity index (χ3n) is 5.67. The smallest absolute Gasteiger partial charge is 0.226 e. The van der Waals surface area contributed by atoms with Crippen molar-refractivity contribution >= 4 is 29.5 Å². The quantitative estimate of drug-likeness (QED) is 0.682. The van der Waals surface area contributed by atoms with Crippen molar-refractivity contribution in [2.75, 3.05) is 0 Å². The van der Waals surface area contributed by atoms with Gasteiger partial charge < -0.3 is 0 Å². The van der Waals surface area contributed by atoms with Crippen LogP contribution in [0.4, 0.5) is 0 Å². The van der Waals surface area contributed by atoms with E-state index in [2.05, 4.69) is 0 Å². The van der Waals surface area contributed by atoms with Crippen molar-refractivity contribution in [3.05, 3.63) is 29.8 Å². The molecule has 2 aliphatic rings. The van der Waals surface area contributed by atoms with Crippen molar-refractivity contribution in [1.82, 2.24) is 0 Å². The van der Waals surface area contributed by atoms with E-state index < -0.39 is 43.9 Å². The summed E-state index contributed by atoms with van der Waals surface area (Å²) in [4.78, 5) is -0.249. The van der Waals surface area contributed by atoms with Gasteiger partial charge in [-0.2, -0.15) is 0 Å². The van der Waals surface area contributed by atoms with Crippen molar-refractivity contribution < 1.29 is 25.3 Å². The van der Waals surface area contributed by atoms with E-state index in [9.17, 15) is 25.3 Å². The normalized spacial score (nSPS) is 20.5. The highest BCUT2D eigenvalue weighted by Crippen LogP contribution is 2.38. The predicted molar refractivity (Wildman–Crippen MR) is 105 cm³/mol. The summed E-state index contributed by atoms with van der Waals surface area (Å²) >= 11 is 0. The molecule has 152 valence electrons. The summed E-state index contributed by atoms with van der Waals surface area (Å²) in [6.45, 7) is 1.78. The molecule has 1 aromatic carbocycles. The van der Waals surface area contributed by atoms with Crippen LogP contribution >= 0.6 is 0 Å². The molecule has 0 heterocycles. The summed E-state index contributed by atoms with van der Waals surface area (Å²) in [5, 5.41) is -1.81. The molecule has 27 heavy (non-hydrogen) atoms. The molecule has 0 amide bonds. The number of benzene rings is 1. The summed E-state index contributed by atoms with van der Waals surface area (Å²) in [6, 6.07) is 5.70. The number of aryl methyl sites for hydroxylation is 1. The van der Waals surface area contributed by atoms with Gasteiger partial charge in [0.1, 0.15) is 0 Å². The number of sulfone groups is 3. The fourth-order valence-electron chi connectivity index (χ4n) is 4.13. The zero-order chi connectivity index (χ0) is 19.9. The average Bonchev–Trinajstić information content (AvgIpc) is 3.29. The zero-order valence-electron chi connectivity index (χ0n) is 15.4. The minimum absolute atomic E-state index is 0.249. The van der Waals surface area contributed by atoms with E-state index in [0.29, 0.717) is 51.4 Å². The van der Waals surface area contributed by atoms with E-state index in [-0.39, 0.29) is 4.90 Å². The Kier molecular flexibility index (Phi) is 5.76. The minimum Gasteiger partial charge on any atom is -0.226 e. The van der Waals surface area contributed by atoms with Gasteiger partial charge >= 0.3 is 0 Å². The molecule has 2 fully saturated rings. The SMILES string of the molecule is Cc1ccc(S(=O)(=O)C(S(=O)(=O)C2CCCC2)S(=O)(=O)C2CCCC2)cc1. The van der Waals surface area contributed by atoms with Crippen LogP contribution in [0.3, 0.4) is 0 Å². The van der Waals surface area contributed by atoms with E-state index in [4.69, 9.17) is 0 Å². The summed E-state index contributed by atoms with van der Waals surface area (Å²) in [7, 11) is -13.4. The Morgan fingerprint density at radius 2 is 1.07 bits per heavy atom. The summed E-state index contributed by atoms with van der Waals surface area (Å²) in [5.41, 5.74) is 0.808. The Morgan fingerprint density at radius 1 is 0.704 bits per heavy atom. The van der Waals surface area contributed by atoms with Gasteiger partial charge in [0.25, 0.3) is 3.91 Å². The van der Waals surface area contributed by atoms with Crippen LogP contribution in [-0.4, -0.2) is 39.7 Å². The maximum absolute atomic E-state index is 13.3. The molecule has 0 aliphatic heterocycles. The highest BCUT2D eigenvalue weighted by Gasteiger charge is 2.54. The lowest BCUT2D eigenvalue weighted by Crippen LogP contribution is -2.45. The van der Waals surface area contributed by atoms with Gasteiger partial charge in [-0.1, -0.05) is 43.4 Å². The van der Waals surface area contributed by atoms with Crippen molar-refractivity contribution in [2.24, 2.45) is 0 Å². The van der Waals surface area contributed by atoms with Gasteiger partial charge in [-0.3, -0.25) is 0 Å². The summed E-state index contributed by atoms with van der Waals surface area (Å²) < 4.78 is 77.2. The first-order valence-corrected chi connectivity index (χ1v) is 14.1. The lowest BCUT2D eigenvalue weighted by molar-refractivity contribution is 0.559. The first kappa shape index (κ1) is 20.8. The predicted octanol–water partition coefficient (Wildman–Crippen LogP) is 2.77. The number of hydrogen-bond acceptors (Lipinski definition) is 6. The van der Waals surface area contributed by atoms with Gasteiger partial charge in [0.05, 0.1) is 15.4 Å². The standard InChI is InChI=1S/C18H26O6S3/c1-14-10-12-17(13-11-14)27(23,24)18(25(19,20)15-6-2-3-7-15)26(21,22)16-8-4-5-9-16/h10-13,15-16,18H,2-9H2,1H3. The maximum Gasteiger partial charge on any atom is 0.267 e. The Labute approximate surface area is 162 Å². The topological polar surface area (TPSA) is 102 Å². The number of hydrogen-bond donors (Lipinski definition) is 0. The van der Waals surface area contributed by atoms with Crippen molar-refractivity contribution in [2.45, 2.75) is 77.6 Å². The van der Waals surface area contributed by atoms with Gasteiger partial charge in [0.2, 0.25) is 9.84 Å². The van der Waals surface area contributed by atoms with Crippen LogP contribution in [0.2, 0.25) is 0 Å². The van der Waals surface area contributed by atoms with E-state index in [1.165, 1.54) is 12.1 Å². The highest BCUT2D eigenvalue weighted by molar-refractivity contribution is 8.24. The first-order chi connectivity index (χ1) is 12.6. The lowest BCUT2D eigenvalue weighted by atomic mass is 10.2. The first-order valence-electron chi connectivity index (χ1n) is 9.34. The second-order valence-electron chi connectivity index (χ2n) is 7.64. The zero-order valence-corrected chi connectivity index (χ0v) is 17.8. The molecule has 0 spiro atoms. The van der Waals surface area contributed by atoms with Crippen LogP contribution in [0.1, 0.15) is 56.9 Å². The molecule has 0 atom stereocenters. The fourth-order valence-corrected chi connectivity index (χ4v) is 14.3. The van der Waals surface area contributed by atoms with E-state index in [0.717, 1.165) is 5.56 Å². The number of rotatable bonds is 6. The molecule has 0 saturated heterocycles. The monoisotopic (exact) mass is 434 g/mol. The average molecular weight is 435 g/mol. The lowest BCUT2D eigenvalue weighted by Gasteiger charge is -2.24. The van der Waals surface area contributed by atoms with Crippen LogP contribution in [0.25, 0.3) is 0 Å². The van der Waals surface area contributed by atoms with Crippen LogP contribution in [0.15, 0.2) is 29.2 Å². The van der Waals surface area contributed by atoms with Crippen LogP contribution in [0.5, 0.6) is 0 Å².